The van der Waals surface area contributed by atoms with Crippen LogP contribution in [0.15, 0.2) is 6.07 Å². The zero-order valence-electron chi connectivity index (χ0n) is 9.48. The van der Waals surface area contributed by atoms with Crippen molar-refractivity contribution >= 4 is 11.3 Å². The summed E-state index contributed by atoms with van der Waals surface area (Å²) >= 11 is 1.36. The van der Waals surface area contributed by atoms with Crippen LogP contribution < -0.4 is 5.73 Å². The molecule has 8 heteroatoms. The van der Waals surface area contributed by atoms with Crippen molar-refractivity contribution in [3.8, 4) is 0 Å². The molecule has 0 bridgehead atoms. The van der Waals surface area contributed by atoms with E-state index in [0.29, 0.717) is 12.1 Å². The summed E-state index contributed by atoms with van der Waals surface area (Å²) < 4.78 is 65.1. The normalized spacial score (nSPS) is 13.1. The number of halogens is 5. The standard InChI is InChI=1S/C10H12F5NOS/c1-6-7(2-8(3-16)18-6)4-17-5-9(11,12)10(13,14)15/h2H,3-5,16H2,1H3. The van der Waals surface area contributed by atoms with Gasteiger partial charge in [-0.1, -0.05) is 0 Å². The summed E-state index contributed by atoms with van der Waals surface area (Å²) in [6, 6.07) is 1.64. The molecule has 0 aliphatic carbocycles. The van der Waals surface area contributed by atoms with Gasteiger partial charge in [-0.2, -0.15) is 22.0 Å². The molecule has 0 atom stereocenters. The van der Waals surface area contributed by atoms with Crippen molar-refractivity contribution in [1.82, 2.24) is 0 Å². The maximum absolute atomic E-state index is 12.5. The molecule has 2 nitrogen and oxygen atoms in total. The Kier molecular flexibility index (Phi) is 4.68. The van der Waals surface area contributed by atoms with Crippen molar-refractivity contribution < 1.29 is 26.7 Å². The number of nitrogens with two attached hydrogens (primary N) is 1. The van der Waals surface area contributed by atoms with E-state index < -0.39 is 18.7 Å². The van der Waals surface area contributed by atoms with Crippen molar-refractivity contribution in [2.45, 2.75) is 32.2 Å². The first-order valence-electron chi connectivity index (χ1n) is 4.98. The van der Waals surface area contributed by atoms with Crippen LogP contribution in [0.25, 0.3) is 0 Å². The monoisotopic (exact) mass is 289 g/mol. The van der Waals surface area contributed by atoms with Gasteiger partial charge in [-0.25, -0.2) is 0 Å². The average Bonchev–Trinajstić information content (AvgIpc) is 2.58. The second-order valence-corrected chi connectivity index (χ2v) is 5.03. The molecule has 0 fully saturated rings. The third-order valence-electron chi connectivity index (χ3n) is 2.23. The topological polar surface area (TPSA) is 35.2 Å². The molecule has 0 aliphatic rings. The third-order valence-corrected chi connectivity index (χ3v) is 3.34. The molecule has 0 spiro atoms. The van der Waals surface area contributed by atoms with Crippen molar-refractivity contribution in [2.75, 3.05) is 6.61 Å². The number of hydrogen-bond donors (Lipinski definition) is 1. The van der Waals surface area contributed by atoms with Gasteiger partial charge in [0, 0.05) is 16.3 Å². The Morgan fingerprint density at radius 1 is 1.28 bits per heavy atom. The minimum atomic E-state index is -5.58. The lowest BCUT2D eigenvalue weighted by Crippen LogP contribution is -2.40. The number of rotatable bonds is 5. The average molecular weight is 289 g/mol. The minimum absolute atomic E-state index is 0.284. The Hall–Kier alpha value is -0.730. The third kappa shape index (κ3) is 3.63. The van der Waals surface area contributed by atoms with E-state index >= 15 is 0 Å². The van der Waals surface area contributed by atoms with Crippen LogP contribution in [0.5, 0.6) is 0 Å². The Morgan fingerprint density at radius 3 is 2.33 bits per heavy atom. The summed E-state index contributed by atoms with van der Waals surface area (Å²) in [5.74, 6) is -4.83. The van der Waals surface area contributed by atoms with Gasteiger partial charge < -0.3 is 10.5 Å². The van der Waals surface area contributed by atoms with Gasteiger partial charge in [0.15, 0.2) is 0 Å². The second kappa shape index (κ2) is 5.50. The van der Waals surface area contributed by atoms with Gasteiger partial charge in [0.2, 0.25) is 0 Å². The summed E-state index contributed by atoms with van der Waals surface area (Å²) in [6.45, 7) is 0.0619. The SMILES string of the molecule is Cc1sc(CN)cc1COCC(F)(F)C(F)(F)F. The van der Waals surface area contributed by atoms with E-state index in [9.17, 15) is 22.0 Å². The molecule has 1 aromatic heterocycles. The predicted molar refractivity (Wildman–Crippen MR) is 57.6 cm³/mol. The van der Waals surface area contributed by atoms with E-state index in [-0.39, 0.29) is 6.61 Å². The smallest absolute Gasteiger partial charge is 0.370 e. The fourth-order valence-corrected chi connectivity index (χ4v) is 2.13. The van der Waals surface area contributed by atoms with Crippen LogP contribution >= 0.6 is 11.3 Å². The van der Waals surface area contributed by atoms with Crippen molar-refractivity contribution in [3.05, 3.63) is 21.4 Å². The first-order chi connectivity index (χ1) is 8.17. The molecule has 0 saturated heterocycles. The summed E-state index contributed by atoms with van der Waals surface area (Å²) in [4.78, 5) is 1.62. The van der Waals surface area contributed by atoms with E-state index in [1.807, 2.05) is 0 Å². The van der Waals surface area contributed by atoms with Crippen LogP contribution in [0.1, 0.15) is 15.3 Å². The van der Waals surface area contributed by atoms with Crippen molar-refractivity contribution in [1.29, 1.82) is 0 Å². The van der Waals surface area contributed by atoms with Crippen LogP contribution in [-0.2, 0) is 17.9 Å². The fourth-order valence-electron chi connectivity index (χ4n) is 1.20. The molecule has 0 radical (unpaired) electrons. The lowest BCUT2D eigenvalue weighted by Gasteiger charge is -2.19. The highest BCUT2D eigenvalue weighted by molar-refractivity contribution is 7.12. The van der Waals surface area contributed by atoms with Crippen LogP contribution in [-0.4, -0.2) is 18.7 Å². The number of hydrogen-bond acceptors (Lipinski definition) is 3. The molecule has 18 heavy (non-hydrogen) atoms. The van der Waals surface area contributed by atoms with Gasteiger partial charge in [0.1, 0.15) is 6.61 Å². The fraction of sp³-hybridized carbons (Fsp3) is 0.600. The highest BCUT2D eigenvalue weighted by Crippen LogP contribution is 2.35. The molecule has 1 aromatic rings. The predicted octanol–water partition coefficient (Wildman–Crippen LogP) is 3.23. The van der Waals surface area contributed by atoms with Crippen LogP contribution in [0, 0.1) is 6.92 Å². The van der Waals surface area contributed by atoms with Crippen LogP contribution in [0.4, 0.5) is 22.0 Å². The van der Waals surface area contributed by atoms with E-state index in [2.05, 4.69) is 4.74 Å². The summed E-state index contributed by atoms with van der Waals surface area (Å²) in [5, 5.41) is 0. The molecular weight excluding hydrogens is 277 g/mol. The Labute approximate surface area is 105 Å². The van der Waals surface area contributed by atoms with Gasteiger partial charge in [0.25, 0.3) is 0 Å². The van der Waals surface area contributed by atoms with Gasteiger partial charge >= 0.3 is 12.1 Å². The molecule has 2 N–H and O–H groups in total. The minimum Gasteiger partial charge on any atom is -0.370 e. The lowest BCUT2D eigenvalue weighted by molar-refractivity contribution is -0.297. The van der Waals surface area contributed by atoms with Crippen LogP contribution in [0.3, 0.4) is 0 Å². The maximum Gasteiger partial charge on any atom is 0.455 e. The lowest BCUT2D eigenvalue weighted by atomic mass is 10.2. The molecule has 0 aromatic carbocycles. The van der Waals surface area contributed by atoms with E-state index in [1.165, 1.54) is 11.3 Å². The molecule has 1 rings (SSSR count). The number of aryl methyl sites for hydroxylation is 1. The summed E-state index contributed by atoms with van der Waals surface area (Å²) in [6.07, 6.45) is -5.58. The Balaban J connectivity index is 2.54. The molecule has 0 unspecified atom stereocenters. The Bertz CT molecular complexity index is 401. The number of thiophene rings is 1. The molecule has 0 saturated carbocycles. The van der Waals surface area contributed by atoms with Crippen LogP contribution in [0.2, 0.25) is 0 Å². The van der Waals surface area contributed by atoms with Crippen molar-refractivity contribution in [3.63, 3.8) is 0 Å². The van der Waals surface area contributed by atoms with E-state index in [1.54, 1.807) is 13.0 Å². The molecule has 0 aliphatic heterocycles. The maximum atomic E-state index is 12.5. The highest BCUT2D eigenvalue weighted by Gasteiger charge is 2.57. The molecular formula is C10H12F5NOS. The van der Waals surface area contributed by atoms with E-state index in [0.717, 1.165) is 9.75 Å². The van der Waals surface area contributed by atoms with Gasteiger partial charge in [-0.3, -0.25) is 0 Å². The zero-order chi connectivity index (χ0) is 14.0. The molecule has 0 amide bonds. The molecule has 1 heterocycles. The van der Waals surface area contributed by atoms with Gasteiger partial charge in [-0.05, 0) is 18.6 Å². The summed E-state index contributed by atoms with van der Waals surface area (Å²) in [7, 11) is 0. The van der Waals surface area contributed by atoms with Crippen molar-refractivity contribution in [2.24, 2.45) is 5.73 Å². The largest absolute Gasteiger partial charge is 0.455 e. The first kappa shape index (κ1) is 15.3. The van der Waals surface area contributed by atoms with E-state index in [4.69, 9.17) is 5.73 Å². The zero-order valence-corrected chi connectivity index (χ0v) is 10.3. The summed E-state index contributed by atoms with van der Waals surface area (Å²) in [5.41, 5.74) is 5.97. The number of alkyl halides is 5. The van der Waals surface area contributed by atoms with Gasteiger partial charge in [0.05, 0.1) is 6.61 Å². The highest BCUT2D eigenvalue weighted by atomic mass is 32.1. The Morgan fingerprint density at radius 2 is 1.89 bits per heavy atom. The second-order valence-electron chi connectivity index (χ2n) is 3.69. The quantitative estimate of drug-likeness (QED) is 0.845. The first-order valence-corrected chi connectivity index (χ1v) is 5.79. The van der Waals surface area contributed by atoms with Gasteiger partial charge in [-0.15, -0.1) is 11.3 Å². The number of ether oxygens (including phenoxy) is 1. The molecule has 104 valence electrons.